The molecule has 0 bridgehead atoms. The van der Waals surface area contributed by atoms with Gasteiger partial charge in [0, 0.05) is 19.1 Å². The van der Waals surface area contributed by atoms with Crippen LogP contribution in [0.3, 0.4) is 0 Å². The lowest BCUT2D eigenvalue weighted by Gasteiger charge is -2.47. The average molecular weight is 443 g/mol. The minimum atomic E-state index is -0.598. The SMILES string of the molecule is COc1cc2c(cc1OCCOC1(C#N)CCC1)CCN1C[C@@H](CC(C)(C)C)[C@H](O)C[C@H]21. The molecule has 32 heavy (non-hydrogen) atoms. The van der Waals surface area contributed by atoms with Crippen molar-refractivity contribution >= 4 is 0 Å². The predicted molar refractivity (Wildman–Crippen MR) is 123 cm³/mol. The predicted octanol–water partition coefficient (Wildman–Crippen LogP) is 4.25. The van der Waals surface area contributed by atoms with Gasteiger partial charge in [0.1, 0.15) is 6.61 Å². The van der Waals surface area contributed by atoms with E-state index in [4.69, 9.17) is 14.2 Å². The van der Waals surface area contributed by atoms with Crippen molar-refractivity contribution in [2.24, 2.45) is 11.3 Å². The van der Waals surface area contributed by atoms with E-state index < -0.39 is 5.60 Å². The quantitative estimate of drug-likeness (QED) is 0.636. The minimum absolute atomic E-state index is 0.219. The van der Waals surface area contributed by atoms with E-state index in [0.29, 0.717) is 19.1 Å². The Morgan fingerprint density at radius 1 is 1.22 bits per heavy atom. The van der Waals surface area contributed by atoms with Gasteiger partial charge in [0.05, 0.1) is 25.9 Å². The third kappa shape index (κ3) is 4.90. The van der Waals surface area contributed by atoms with Gasteiger partial charge >= 0.3 is 0 Å². The lowest BCUT2D eigenvalue weighted by molar-refractivity contribution is -0.0646. The molecule has 1 aromatic rings. The molecule has 0 spiro atoms. The van der Waals surface area contributed by atoms with Crippen LogP contribution in [-0.4, -0.2) is 55.1 Å². The van der Waals surface area contributed by atoms with E-state index in [9.17, 15) is 10.4 Å². The monoisotopic (exact) mass is 442 g/mol. The Kier molecular flexibility index (Phi) is 6.72. The summed E-state index contributed by atoms with van der Waals surface area (Å²) in [7, 11) is 1.67. The van der Waals surface area contributed by atoms with Crippen LogP contribution in [0.1, 0.15) is 70.0 Å². The fraction of sp³-hybridized carbons (Fsp3) is 0.731. The molecule has 6 heteroatoms. The second-order valence-corrected chi connectivity index (χ2v) is 10.9. The van der Waals surface area contributed by atoms with Gasteiger partial charge in [0.15, 0.2) is 17.1 Å². The summed E-state index contributed by atoms with van der Waals surface area (Å²) in [6, 6.07) is 6.72. The van der Waals surface area contributed by atoms with Gasteiger partial charge in [-0.3, -0.25) is 4.90 Å². The Balaban J connectivity index is 1.43. The Morgan fingerprint density at radius 3 is 2.62 bits per heavy atom. The highest BCUT2D eigenvalue weighted by molar-refractivity contribution is 5.49. The van der Waals surface area contributed by atoms with Crippen molar-refractivity contribution in [3.8, 4) is 17.6 Å². The zero-order chi connectivity index (χ0) is 22.9. The summed E-state index contributed by atoms with van der Waals surface area (Å²) in [5.41, 5.74) is 2.15. The number of ether oxygens (including phenoxy) is 3. The van der Waals surface area contributed by atoms with Crippen LogP contribution in [0.25, 0.3) is 0 Å². The summed E-state index contributed by atoms with van der Waals surface area (Å²) >= 11 is 0. The van der Waals surface area contributed by atoms with Crippen LogP contribution in [0.4, 0.5) is 0 Å². The van der Waals surface area contributed by atoms with Gasteiger partial charge in [0.2, 0.25) is 0 Å². The molecule has 1 saturated carbocycles. The van der Waals surface area contributed by atoms with Crippen LogP contribution in [0, 0.1) is 22.7 Å². The first-order valence-electron chi connectivity index (χ1n) is 12.0. The molecule has 0 amide bonds. The van der Waals surface area contributed by atoms with Crippen molar-refractivity contribution in [1.29, 1.82) is 5.26 Å². The Hall–Kier alpha value is -1.81. The summed E-state index contributed by atoms with van der Waals surface area (Å²) in [5.74, 6) is 1.77. The molecule has 3 atom stereocenters. The number of hydrogen-bond acceptors (Lipinski definition) is 6. The number of aliphatic hydroxyl groups excluding tert-OH is 1. The Morgan fingerprint density at radius 2 is 2.00 bits per heavy atom. The second-order valence-electron chi connectivity index (χ2n) is 10.9. The molecule has 0 aromatic heterocycles. The van der Waals surface area contributed by atoms with Crippen molar-refractivity contribution in [3.05, 3.63) is 23.3 Å². The van der Waals surface area contributed by atoms with Crippen molar-refractivity contribution < 1.29 is 19.3 Å². The number of benzene rings is 1. The van der Waals surface area contributed by atoms with Crippen LogP contribution >= 0.6 is 0 Å². The van der Waals surface area contributed by atoms with Crippen molar-refractivity contribution in [3.63, 3.8) is 0 Å². The lowest BCUT2D eigenvalue weighted by atomic mass is 9.75. The molecule has 4 rings (SSSR count). The highest BCUT2D eigenvalue weighted by Crippen LogP contribution is 2.44. The maximum Gasteiger partial charge on any atom is 0.161 e. The second kappa shape index (κ2) is 9.21. The number of rotatable bonds is 7. The molecule has 176 valence electrons. The smallest absolute Gasteiger partial charge is 0.161 e. The fourth-order valence-electron chi connectivity index (χ4n) is 5.53. The van der Waals surface area contributed by atoms with Crippen molar-refractivity contribution in [2.45, 2.75) is 77.0 Å². The number of aliphatic hydroxyl groups is 1. The maximum absolute atomic E-state index is 10.9. The molecular formula is C26H38N2O4. The van der Waals surface area contributed by atoms with E-state index in [1.807, 2.05) is 0 Å². The van der Waals surface area contributed by atoms with E-state index >= 15 is 0 Å². The fourth-order valence-corrected chi connectivity index (χ4v) is 5.53. The van der Waals surface area contributed by atoms with Gasteiger partial charge < -0.3 is 19.3 Å². The normalized spacial score (nSPS) is 26.9. The summed E-state index contributed by atoms with van der Waals surface area (Å²) < 4.78 is 17.5. The van der Waals surface area contributed by atoms with Crippen LogP contribution in [0.2, 0.25) is 0 Å². The molecule has 3 aliphatic rings. The van der Waals surface area contributed by atoms with Crippen LogP contribution < -0.4 is 9.47 Å². The van der Waals surface area contributed by atoms with Gasteiger partial charge in [-0.25, -0.2) is 0 Å². The summed E-state index contributed by atoms with van der Waals surface area (Å²) in [6.07, 6.45) is 5.17. The van der Waals surface area contributed by atoms with E-state index in [1.54, 1.807) is 7.11 Å². The zero-order valence-corrected chi connectivity index (χ0v) is 20.0. The number of hydrogen-bond donors (Lipinski definition) is 1. The molecule has 1 saturated heterocycles. The van der Waals surface area contributed by atoms with Crippen molar-refractivity contribution in [2.75, 3.05) is 33.4 Å². The van der Waals surface area contributed by atoms with E-state index in [0.717, 1.165) is 63.1 Å². The molecule has 2 fully saturated rings. The van der Waals surface area contributed by atoms with Gasteiger partial charge in [-0.2, -0.15) is 5.26 Å². The van der Waals surface area contributed by atoms with Crippen LogP contribution in [-0.2, 0) is 11.2 Å². The first-order valence-corrected chi connectivity index (χ1v) is 12.0. The molecule has 2 aliphatic heterocycles. The number of nitriles is 1. The third-order valence-corrected chi connectivity index (χ3v) is 7.33. The molecule has 0 radical (unpaired) electrons. The number of methoxy groups -OCH3 is 1. The maximum atomic E-state index is 10.9. The highest BCUT2D eigenvalue weighted by Gasteiger charge is 2.40. The molecule has 1 N–H and O–H groups in total. The van der Waals surface area contributed by atoms with E-state index in [-0.39, 0.29) is 17.6 Å². The van der Waals surface area contributed by atoms with Gasteiger partial charge in [-0.15, -0.1) is 0 Å². The van der Waals surface area contributed by atoms with Gasteiger partial charge in [-0.05, 0) is 73.1 Å². The number of nitrogens with zero attached hydrogens (tertiary/aromatic N) is 2. The number of piperidine rings is 1. The minimum Gasteiger partial charge on any atom is -0.493 e. The van der Waals surface area contributed by atoms with Crippen LogP contribution in [0.5, 0.6) is 11.5 Å². The lowest BCUT2D eigenvalue weighted by Crippen LogP contribution is -2.48. The molecule has 6 nitrogen and oxygen atoms in total. The third-order valence-electron chi connectivity index (χ3n) is 7.33. The molecule has 1 aliphatic carbocycles. The standard InChI is InChI=1S/C26H38N2O4/c1-25(2,3)15-19-16-28-9-6-18-12-24(31-10-11-32-26(17-27)7-5-8-26)23(30-4)13-20(18)21(28)14-22(19)29/h12-13,19,21-22,29H,5-11,14-16H2,1-4H3/t19-,21-,22-/m1/s1. The summed E-state index contributed by atoms with van der Waals surface area (Å²) in [5, 5.41) is 20.2. The van der Waals surface area contributed by atoms with Crippen LogP contribution in [0.15, 0.2) is 12.1 Å². The molecule has 0 unspecified atom stereocenters. The molecule has 1 aromatic carbocycles. The molecule has 2 heterocycles. The summed E-state index contributed by atoms with van der Waals surface area (Å²) in [6.45, 7) is 9.49. The largest absolute Gasteiger partial charge is 0.493 e. The average Bonchev–Trinajstić information content (AvgIpc) is 2.71. The Labute approximate surface area is 192 Å². The van der Waals surface area contributed by atoms with Gasteiger partial charge in [0.25, 0.3) is 0 Å². The zero-order valence-electron chi connectivity index (χ0n) is 20.0. The first kappa shape index (κ1) is 23.4. The topological polar surface area (TPSA) is 75.0 Å². The van der Waals surface area contributed by atoms with Crippen molar-refractivity contribution in [1.82, 2.24) is 4.90 Å². The first-order chi connectivity index (χ1) is 15.2. The Bertz CT molecular complexity index is 853. The van der Waals surface area contributed by atoms with E-state index in [2.05, 4.69) is 43.9 Å². The number of fused-ring (bicyclic) bond motifs is 3. The summed E-state index contributed by atoms with van der Waals surface area (Å²) in [4.78, 5) is 2.54. The molecular weight excluding hydrogens is 404 g/mol. The van der Waals surface area contributed by atoms with E-state index in [1.165, 1.54) is 11.1 Å². The highest BCUT2D eigenvalue weighted by atomic mass is 16.5. The van der Waals surface area contributed by atoms with Gasteiger partial charge in [-0.1, -0.05) is 20.8 Å².